The van der Waals surface area contributed by atoms with Crippen molar-refractivity contribution in [3.05, 3.63) is 36.3 Å². The molecular formula is C14H17N3O. The van der Waals surface area contributed by atoms with E-state index in [-0.39, 0.29) is 0 Å². The van der Waals surface area contributed by atoms with E-state index in [1.165, 1.54) is 0 Å². The van der Waals surface area contributed by atoms with Crippen molar-refractivity contribution >= 4 is 0 Å². The van der Waals surface area contributed by atoms with Crippen LogP contribution in [0, 0.1) is 0 Å². The van der Waals surface area contributed by atoms with Crippen LogP contribution in [0.2, 0.25) is 0 Å². The third kappa shape index (κ3) is 1.99. The summed E-state index contributed by atoms with van der Waals surface area (Å²) >= 11 is 0. The number of rotatable bonds is 3. The molecule has 3 rings (SSSR count). The summed E-state index contributed by atoms with van der Waals surface area (Å²) < 4.78 is 7.88. The molecule has 0 aliphatic carbocycles. The van der Waals surface area contributed by atoms with E-state index in [0.717, 1.165) is 42.5 Å². The zero-order valence-electron chi connectivity index (χ0n) is 10.5. The topological polar surface area (TPSA) is 39.1 Å². The normalized spacial score (nSPS) is 14.3. The Morgan fingerprint density at radius 1 is 1.39 bits per heavy atom. The quantitative estimate of drug-likeness (QED) is 0.896. The Hall–Kier alpha value is -1.81. The lowest BCUT2D eigenvalue weighted by atomic mass is 10.1. The molecule has 4 heteroatoms. The van der Waals surface area contributed by atoms with Gasteiger partial charge in [0.25, 0.3) is 0 Å². The summed E-state index contributed by atoms with van der Waals surface area (Å²) in [6, 6.07) is 8.07. The molecule has 2 aromatic rings. The number of ether oxygens (including phenoxy) is 1. The van der Waals surface area contributed by atoms with Gasteiger partial charge in [0.05, 0.1) is 18.8 Å². The fraction of sp³-hybridized carbons (Fsp3) is 0.357. The highest BCUT2D eigenvalue weighted by Crippen LogP contribution is 2.29. The van der Waals surface area contributed by atoms with E-state index >= 15 is 0 Å². The van der Waals surface area contributed by atoms with Crippen molar-refractivity contribution < 1.29 is 4.74 Å². The van der Waals surface area contributed by atoms with Gasteiger partial charge in [-0.1, -0.05) is 12.1 Å². The van der Waals surface area contributed by atoms with Gasteiger partial charge in [-0.25, -0.2) is 4.98 Å². The van der Waals surface area contributed by atoms with Crippen molar-refractivity contribution in [3.8, 4) is 17.0 Å². The first kappa shape index (κ1) is 11.3. The van der Waals surface area contributed by atoms with Crippen LogP contribution < -0.4 is 10.1 Å². The minimum absolute atomic E-state index is 0.673. The van der Waals surface area contributed by atoms with Crippen LogP contribution in [0.1, 0.15) is 12.7 Å². The number of hydrogen-bond acceptors (Lipinski definition) is 3. The Morgan fingerprint density at radius 3 is 3.11 bits per heavy atom. The first-order valence-electron chi connectivity index (χ1n) is 6.37. The standard InChI is InChI=1S/C14H17N3O/c1-2-18-13-6-4-3-5-11(13)12-10-17-8-7-15-9-14(17)16-12/h3-6,10,15H,2,7-9H2,1H3. The number of aromatic nitrogens is 2. The fourth-order valence-corrected chi connectivity index (χ4v) is 2.28. The summed E-state index contributed by atoms with van der Waals surface area (Å²) in [6.07, 6.45) is 2.12. The van der Waals surface area contributed by atoms with Crippen LogP contribution in [0.3, 0.4) is 0 Å². The number of para-hydroxylation sites is 1. The number of hydrogen-bond donors (Lipinski definition) is 1. The summed E-state index contributed by atoms with van der Waals surface area (Å²) in [5, 5.41) is 3.33. The second-order valence-electron chi connectivity index (χ2n) is 4.34. The van der Waals surface area contributed by atoms with Gasteiger partial charge in [-0.05, 0) is 19.1 Å². The summed E-state index contributed by atoms with van der Waals surface area (Å²) in [7, 11) is 0. The van der Waals surface area contributed by atoms with Gasteiger partial charge < -0.3 is 14.6 Å². The predicted octanol–water partition coefficient (Wildman–Crippen LogP) is 2.05. The number of fused-ring (bicyclic) bond motifs is 1. The SMILES string of the molecule is CCOc1ccccc1-c1cn2c(n1)CNCC2. The molecule has 4 nitrogen and oxygen atoms in total. The highest BCUT2D eigenvalue weighted by Gasteiger charge is 2.14. The van der Waals surface area contributed by atoms with E-state index in [1.54, 1.807) is 0 Å². The molecule has 1 N–H and O–H groups in total. The lowest BCUT2D eigenvalue weighted by molar-refractivity contribution is 0.341. The molecule has 0 atom stereocenters. The van der Waals surface area contributed by atoms with Gasteiger partial charge in [0.15, 0.2) is 0 Å². The van der Waals surface area contributed by atoms with E-state index in [0.29, 0.717) is 6.61 Å². The first-order valence-corrected chi connectivity index (χ1v) is 6.37. The number of nitrogens with zero attached hydrogens (tertiary/aromatic N) is 2. The Kier molecular flexibility index (Phi) is 3.02. The second kappa shape index (κ2) is 4.82. The summed E-state index contributed by atoms with van der Waals surface area (Å²) in [5.41, 5.74) is 2.07. The van der Waals surface area contributed by atoms with E-state index in [1.807, 2.05) is 25.1 Å². The highest BCUT2D eigenvalue weighted by atomic mass is 16.5. The van der Waals surface area contributed by atoms with Crippen molar-refractivity contribution in [1.82, 2.24) is 14.9 Å². The molecule has 2 heterocycles. The Bertz CT molecular complexity index is 524. The molecule has 18 heavy (non-hydrogen) atoms. The monoisotopic (exact) mass is 243 g/mol. The molecule has 0 spiro atoms. The average molecular weight is 243 g/mol. The van der Waals surface area contributed by atoms with Crippen LogP contribution in [0.15, 0.2) is 30.5 Å². The van der Waals surface area contributed by atoms with Crippen molar-refractivity contribution in [1.29, 1.82) is 0 Å². The molecule has 0 unspecified atom stereocenters. The maximum Gasteiger partial charge on any atom is 0.128 e. The molecule has 0 fully saturated rings. The van der Waals surface area contributed by atoms with Crippen molar-refractivity contribution in [3.63, 3.8) is 0 Å². The summed E-state index contributed by atoms with van der Waals surface area (Å²) in [4.78, 5) is 4.68. The van der Waals surface area contributed by atoms with Crippen LogP contribution in [-0.2, 0) is 13.1 Å². The second-order valence-corrected chi connectivity index (χ2v) is 4.34. The molecule has 1 aliphatic heterocycles. The lowest BCUT2D eigenvalue weighted by Crippen LogP contribution is -2.27. The van der Waals surface area contributed by atoms with E-state index in [4.69, 9.17) is 4.74 Å². The van der Waals surface area contributed by atoms with Gasteiger partial charge in [-0.3, -0.25) is 0 Å². The summed E-state index contributed by atoms with van der Waals surface area (Å²) in [5.74, 6) is 2.01. The smallest absolute Gasteiger partial charge is 0.128 e. The zero-order chi connectivity index (χ0) is 12.4. The molecule has 0 saturated heterocycles. The fourth-order valence-electron chi connectivity index (χ4n) is 2.28. The van der Waals surface area contributed by atoms with Crippen molar-refractivity contribution in [2.24, 2.45) is 0 Å². The number of imidazole rings is 1. The minimum atomic E-state index is 0.673. The maximum atomic E-state index is 5.66. The summed E-state index contributed by atoms with van der Waals surface area (Å²) in [6.45, 7) is 5.51. The first-order chi connectivity index (χ1) is 8.88. The van der Waals surface area contributed by atoms with Crippen LogP contribution in [0.25, 0.3) is 11.3 Å². The number of benzene rings is 1. The minimum Gasteiger partial charge on any atom is -0.493 e. The Morgan fingerprint density at radius 2 is 2.28 bits per heavy atom. The number of nitrogens with one attached hydrogen (secondary N) is 1. The van der Waals surface area contributed by atoms with Crippen molar-refractivity contribution in [2.75, 3.05) is 13.2 Å². The van der Waals surface area contributed by atoms with Crippen molar-refractivity contribution in [2.45, 2.75) is 20.0 Å². The Labute approximate surface area is 107 Å². The van der Waals surface area contributed by atoms with E-state index < -0.39 is 0 Å². The van der Waals surface area contributed by atoms with E-state index in [2.05, 4.69) is 27.1 Å². The molecule has 0 radical (unpaired) electrons. The molecular weight excluding hydrogens is 226 g/mol. The van der Waals surface area contributed by atoms with Gasteiger partial charge in [0.1, 0.15) is 11.6 Å². The van der Waals surface area contributed by atoms with Crippen LogP contribution >= 0.6 is 0 Å². The maximum absolute atomic E-state index is 5.66. The lowest BCUT2D eigenvalue weighted by Gasteiger charge is -2.13. The van der Waals surface area contributed by atoms with Gasteiger partial charge in [0, 0.05) is 24.8 Å². The van der Waals surface area contributed by atoms with Crippen LogP contribution in [0.4, 0.5) is 0 Å². The molecule has 1 aromatic carbocycles. The van der Waals surface area contributed by atoms with Gasteiger partial charge in [-0.2, -0.15) is 0 Å². The van der Waals surface area contributed by atoms with Gasteiger partial charge >= 0.3 is 0 Å². The van der Waals surface area contributed by atoms with E-state index in [9.17, 15) is 0 Å². The van der Waals surface area contributed by atoms with Crippen LogP contribution in [0.5, 0.6) is 5.75 Å². The average Bonchev–Trinajstić information content (AvgIpc) is 2.83. The largest absolute Gasteiger partial charge is 0.493 e. The third-order valence-corrected chi connectivity index (χ3v) is 3.13. The molecule has 0 amide bonds. The molecule has 94 valence electrons. The molecule has 1 aliphatic rings. The molecule has 1 aromatic heterocycles. The van der Waals surface area contributed by atoms with Gasteiger partial charge in [0.2, 0.25) is 0 Å². The molecule has 0 saturated carbocycles. The zero-order valence-corrected chi connectivity index (χ0v) is 10.5. The van der Waals surface area contributed by atoms with Crippen LogP contribution in [-0.4, -0.2) is 22.7 Å². The molecule has 0 bridgehead atoms. The Balaban J connectivity index is 2.01. The highest BCUT2D eigenvalue weighted by molar-refractivity contribution is 5.66. The third-order valence-electron chi connectivity index (χ3n) is 3.13. The predicted molar refractivity (Wildman–Crippen MR) is 70.5 cm³/mol. The van der Waals surface area contributed by atoms with Gasteiger partial charge in [-0.15, -0.1) is 0 Å².